The zero-order chi connectivity index (χ0) is 23.0. The summed E-state index contributed by atoms with van der Waals surface area (Å²) in [6, 6.07) is 7.55. The molecule has 1 aromatic carbocycles. The van der Waals surface area contributed by atoms with E-state index in [2.05, 4.69) is 10.00 Å². The van der Waals surface area contributed by atoms with Gasteiger partial charge in [-0.15, -0.1) is 5.10 Å². The maximum atomic E-state index is 13.3. The molecule has 0 spiro atoms. The molecule has 0 aliphatic carbocycles. The molecule has 2 aromatic heterocycles. The van der Waals surface area contributed by atoms with E-state index < -0.39 is 10.0 Å². The van der Waals surface area contributed by atoms with Gasteiger partial charge in [0.25, 0.3) is 0 Å². The molecule has 0 saturated carbocycles. The number of aryl methyl sites for hydroxylation is 3. The van der Waals surface area contributed by atoms with Crippen LogP contribution in [0.1, 0.15) is 23.6 Å². The van der Waals surface area contributed by atoms with Gasteiger partial charge in [0.05, 0.1) is 17.8 Å². The van der Waals surface area contributed by atoms with Crippen molar-refractivity contribution < 1.29 is 12.8 Å². The minimum Gasteiger partial charge on any atom is -0.461 e. The molecule has 1 fully saturated rings. The zero-order valence-electron chi connectivity index (χ0n) is 18.9. The lowest BCUT2D eigenvalue weighted by atomic mass is 10.1. The normalized spacial score (nSPS) is 16.0. The predicted molar refractivity (Wildman–Crippen MR) is 125 cm³/mol. The average molecular weight is 476 g/mol. The van der Waals surface area contributed by atoms with Gasteiger partial charge in [0.2, 0.25) is 10.0 Å². The van der Waals surface area contributed by atoms with Crippen molar-refractivity contribution in [2.24, 2.45) is 0 Å². The molecule has 0 atom stereocenters. The maximum absolute atomic E-state index is 13.3. The van der Waals surface area contributed by atoms with E-state index in [1.165, 1.54) is 0 Å². The minimum absolute atomic E-state index is 0.432. The Labute approximate surface area is 194 Å². The van der Waals surface area contributed by atoms with Crippen LogP contribution in [0.2, 0.25) is 0 Å². The number of piperazine rings is 1. The van der Waals surface area contributed by atoms with Crippen molar-refractivity contribution in [3.8, 4) is 11.6 Å². The highest BCUT2D eigenvalue weighted by Gasteiger charge is 2.31. The molecule has 10 heteroatoms. The number of hydrogen-bond donors (Lipinski definition) is 0. The quantitative estimate of drug-likeness (QED) is 0.507. The monoisotopic (exact) mass is 475 g/mol. The van der Waals surface area contributed by atoms with E-state index in [1.54, 1.807) is 15.3 Å². The number of hydrogen-bond acceptors (Lipinski definition) is 6. The summed E-state index contributed by atoms with van der Waals surface area (Å²) in [6.07, 6.45) is 1.62. The second kappa shape index (κ2) is 8.93. The SMILES string of the molecule is CCn1c(-c2ccco2)nn(CN2CCN(S(=O)(=O)c3c(C)cc(C)cc3C)CC2)c1=S. The van der Waals surface area contributed by atoms with Crippen LogP contribution in [0.15, 0.2) is 39.8 Å². The van der Waals surface area contributed by atoms with Gasteiger partial charge in [0.1, 0.15) is 0 Å². The molecule has 1 aliphatic rings. The van der Waals surface area contributed by atoms with Gasteiger partial charge < -0.3 is 4.42 Å². The van der Waals surface area contributed by atoms with E-state index in [1.807, 2.05) is 56.5 Å². The highest BCUT2D eigenvalue weighted by atomic mass is 32.2. The number of aromatic nitrogens is 3. The topological polar surface area (TPSA) is 76.5 Å². The summed E-state index contributed by atoms with van der Waals surface area (Å²) in [7, 11) is -3.53. The average Bonchev–Trinajstić information content (AvgIpc) is 3.36. The molecule has 1 saturated heterocycles. The predicted octanol–water partition coefficient (Wildman–Crippen LogP) is 3.58. The van der Waals surface area contributed by atoms with Crippen LogP contribution in [0.4, 0.5) is 0 Å². The maximum Gasteiger partial charge on any atom is 0.243 e. The molecule has 3 heterocycles. The van der Waals surface area contributed by atoms with Crippen LogP contribution in [0, 0.1) is 25.5 Å². The molecular weight excluding hydrogens is 446 g/mol. The van der Waals surface area contributed by atoms with E-state index in [0.29, 0.717) is 60.6 Å². The van der Waals surface area contributed by atoms with Gasteiger partial charge in [-0.25, -0.2) is 13.1 Å². The van der Waals surface area contributed by atoms with Gasteiger partial charge in [-0.3, -0.25) is 9.47 Å². The van der Waals surface area contributed by atoms with Crippen molar-refractivity contribution in [2.45, 2.75) is 45.8 Å². The second-order valence-corrected chi connectivity index (χ2v) is 10.5. The Kier molecular flexibility index (Phi) is 6.39. The van der Waals surface area contributed by atoms with Crippen molar-refractivity contribution in [3.05, 3.63) is 52.0 Å². The fraction of sp³-hybridized carbons (Fsp3) is 0.455. The van der Waals surface area contributed by atoms with Crippen LogP contribution in [-0.4, -0.2) is 58.1 Å². The first kappa shape index (κ1) is 22.9. The van der Waals surface area contributed by atoms with E-state index in [0.717, 1.165) is 16.7 Å². The zero-order valence-corrected chi connectivity index (χ0v) is 20.5. The summed E-state index contributed by atoms with van der Waals surface area (Å²) < 4.78 is 38.1. The van der Waals surface area contributed by atoms with Crippen molar-refractivity contribution >= 4 is 22.2 Å². The molecule has 0 radical (unpaired) electrons. The van der Waals surface area contributed by atoms with Crippen molar-refractivity contribution in [1.29, 1.82) is 0 Å². The van der Waals surface area contributed by atoms with E-state index in [4.69, 9.17) is 16.6 Å². The Morgan fingerprint density at radius 1 is 1.09 bits per heavy atom. The van der Waals surface area contributed by atoms with Gasteiger partial charge in [-0.1, -0.05) is 17.7 Å². The molecular formula is C22H29N5O3S2. The molecule has 3 aromatic rings. The molecule has 32 heavy (non-hydrogen) atoms. The molecule has 0 bridgehead atoms. The first-order valence-corrected chi connectivity index (χ1v) is 12.6. The summed E-state index contributed by atoms with van der Waals surface area (Å²) in [6.45, 7) is 11.0. The molecule has 4 rings (SSSR count). The third kappa shape index (κ3) is 4.19. The molecule has 1 aliphatic heterocycles. The van der Waals surface area contributed by atoms with Crippen LogP contribution >= 0.6 is 12.2 Å². The van der Waals surface area contributed by atoms with Gasteiger partial charge in [0, 0.05) is 32.7 Å². The summed E-state index contributed by atoms with van der Waals surface area (Å²) in [5, 5.41) is 4.67. The van der Waals surface area contributed by atoms with Gasteiger partial charge in [-0.2, -0.15) is 4.31 Å². The third-order valence-corrected chi connectivity index (χ3v) is 8.48. The number of nitrogens with zero attached hydrogens (tertiary/aromatic N) is 5. The summed E-state index contributed by atoms with van der Waals surface area (Å²) >= 11 is 5.63. The molecule has 8 nitrogen and oxygen atoms in total. The summed E-state index contributed by atoms with van der Waals surface area (Å²) in [5.41, 5.74) is 2.67. The standard InChI is InChI=1S/C22H29N5O3S2/c1-5-26-21(19-7-6-12-30-19)23-27(22(26)31)15-24-8-10-25(11-9-24)32(28,29)20-17(3)13-16(2)14-18(20)4/h6-7,12-14H,5,8-11,15H2,1-4H3. The van der Waals surface area contributed by atoms with Crippen LogP contribution in [0.3, 0.4) is 0 Å². The van der Waals surface area contributed by atoms with Crippen molar-refractivity contribution in [1.82, 2.24) is 23.6 Å². The molecule has 0 amide bonds. The number of furan rings is 1. The largest absolute Gasteiger partial charge is 0.461 e. The Morgan fingerprint density at radius 3 is 2.31 bits per heavy atom. The Balaban J connectivity index is 1.49. The summed E-state index contributed by atoms with van der Waals surface area (Å²) in [4.78, 5) is 2.61. The van der Waals surface area contributed by atoms with Crippen LogP contribution < -0.4 is 0 Å². The first-order valence-electron chi connectivity index (χ1n) is 10.7. The van der Waals surface area contributed by atoms with Crippen molar-refractivity contribution in [2.75, 3.05) is 26.2 Å². The van der Waals surface area contributed by atoms with Gasteiger partial charge in [0.15, 0.2) is 16.4 Å². The highest BCUT2D eigenvalue weighted by Crippen LogP contribution is 2.26. The van der Waals surface area contributed by atoms with E-state index in [9.17, 15) is 8.42 Å². The van der Waals surface area contributed by atoms with Crippen molar-refractivity contribution in [3.63, 3.8) is 0 Å². The Hall–Kier alpha value is -2.27. The molecule has 0 N–H and O–H groups in total. The minimum atomic E-state index is -3.53. The van der Waals surface area contributed by atoms with Crippen LogP contribution in [0.5, 0.6) is 0 Å². The lowest BCUT2D eigenvalue weighted by molar-refractivity contribution is 0.144. The molecule has 172 valence electrons. The summed E-state index contributed by atoms with van der Waals surface area (Å²) in [5.74, 6) is 1.38. The second-order valence-electron chi connectivity index (χ2n) is 8.22. The Bertz CT molecular complexity index is 1240. The Morgan fingerprint density at radius 2 is 1.75 bits per heavy atom. The number of rotatable bonds is 6. The fourth-order valence-electron chi connectivity index (χ4n) is 4.41. The lowest BCUT2D eigenvalue weighted by Gasteiger charge is -2.34. The fourth-order valence-corrected chi connectivity index (χ4v) is 6.56. The van der Waals surface area contributed by atoms with E-state index in [-0.39, 0.29) is 0 Å². The lowest BCUT2D eigenvalue weighted by Crippen LogP contribution is -2.49. The highest BCUT2D eigenvalue weighted by molar-refractivity contribution is 7.89. The van der Waals surface area contributed by atoms with E-state index >= 15 is 0 Å². The number of benzene rings is 1. The smallest absolute Gasteiger partial charge is 0.243 e. The van der Waals surface area contributed by atoms with Crippen LogP contribution in [0.25, 0.3) is 11.6 Å². The van der Waals surface area contributed by atoms with Crippen LogP contribution in [-0.2, 0) is 23.2 Å². The van der Waals surface area contributed by atoms with Gasteiger partial charge in [-0.05, 0) is 63.2 Å². The number of sulfonamides is 1. The third-order valence-electron chi connectivity index (χ3n) is 5.85. The van der Waals surface area contributed by atoms with Gasteiger partial charge >= 0.3 is 0 Å². The first-order chi connectivity index (χ1) is 15.2. The molecule has 0 unspecified atom stereocenters.